The minimum atomic E-state index is -3.22. The Morgan fingerprint density at radius 1 is 1.24 bits per heavy atom. The van der Waals surface area contributed by atoms with Crippen molar-refractivity contribution in [3.05, 3.63) is 64.9 Å². The van der Waals surface area contributed by atoms with Crippen LogP contribution in [0, 0.1) is 0 Å². The van der Waals surface area contributed by atoms with Gasteiger partial charge in [0.15, 0.2) is 0 Å². The van der Waals surface area contributed by atoms with Crippen LogP contribution in [0.5, 0.6) is 0 Å². The maximum atomic E-state index is 11.3. The van der Waals surface area contributed by atoms with Gasteiger partial charge in [-0.25, -0.2) is 13.1 Å². The average molecular weight is 325 g/mol. The lowest BCUT2D eigenvalue weighted by Crippen LogP contribution is -2.28. The van der Waals surface area contributed by atoms with Crippen molar-refractivity contribution in [2.45, 2.75) is 12.3 Å². The number of aromatic nitrogens is 1. The van der Waals surface area contributed by atoms with Gasteiger partial charge in [0.1, 0.15) is 0 Å². The molecule has 1 unspecified atom stereocenters. The second-order valence-corrected chi connectivity index (χ2v) is 7.20. The third kappa shape index (κ3) is 5.46. The van der Waals surface area contributed by atoms with Crippen molar-refractivity contribution in [2.24, 2.45) is 0 Å². The molecule has 0 aliphatic carbocycles. The molecule has 1 aromatic carbocycles. The predicted octanol–water partition coefficient (Wildman–Crippen LogP) is 2.61. The summed E-state index contributed by atoms with van der Waals surface area (Å²) in [5, 5.41) is 0.662. The summed E-state index contributed by atoms with van der Waals surface area (Å²) < 4.78 is 25.2. The molecule has 0 radical (unpaired) electrons. The summed E-state index contributed by atoms with van der Waals surface area (Å²) in [5.41, 5.74) is 2.10. The first-order valence-corrected chi connectivity index (χ1v) is 8.80. The van der Waals surface area contributed by atoms with Crippen molar-refractivity contribution in [1.29, 1.82) is 0 Å². The second-order valence-electron chi connectivity index (χ2n) is 4.93. The molecule has 0 fully saturated rings. The van der Waals surface area contributed by atoms with E-state index in [9.17, 15) is 8.42 Å². The number of rotatable bonds is 6. The van der Waals surface area contributed by atoms with Gasteiger partial charge in [-0.15, -0.1) is 0 Å². The molecular weight excluding hydrogens is 308 g/mol. The smallest absolute Gasteiger partial charge is 0.208 e. The molecule has 1 atom stereocenters. The second kappa shape index (κ2) is 7.02. The number of halogens is 1. The first-order valence-electron chi connectivity index (χ1n) is 6.53. The van der Waals surface area contributed by atoms with E-state index in [4.69, 9.17) is 11.6 Å². The van der Waals surface area contributed by atoms with Crippen LogP contribution in [0.15, 0.2) is 48.8 Å². The van der Waals surface area contributed by atoms with Gasteiger partial charge in [0.2, 0.25) is 10.0 Å². The van der Waals surface area contributed by atoms with Crippen LogP contribution in [0.1, 0.15) is 17.0 Å². The monoisotopic (exact) mass is 324 g/mol. The van der Waals surface area contributed by atoms with E-state index in [2.05, 4.69) is 9.71 Å². The lowest BCUT2D eigenvalue weighted by atomic mass is 9.93. The Morgan fingerprint density at radius 3 is 2.52 bits per heavy atom. The van der Waals surface area contributed by atoms with E-state index in [0.717, 1.165) is 17.4 Å². The normalized spacial score (nSPS) is 13.0. The van der Waals surface area contributed by atoms with E-state index in [-0.39, 0.29) is 5.92 Å². The molecule has 0 saturated carbocycles. The van der Waals surface area contributed by atoms with Gasteiger partial charge in [-0.2, -0.15) is 0 Å². The molecular formula is C15H17ClN2O2S. The predicted molar refractivity (Wildman–Crippen MR) is 85.0 cm³/mol. The Labute approximate surface area is 130 Å². The zero-order valence-corrected chi connectivity index (χ0v) is 13.2. The molecule has 0 saturated heterocycles. The molecule has 1 aromatic heterocycles. The van der Waals surface area contributed by atoms with Crippen LogP contribution < -0.4 is 4.72 Å². The fourth-order valence-corrected chi connectivity index (χ4v) is 2.73. The van der Waals surface area contributed by atoms with Gasteiger partial charge in [0.05, 0.1) is 6.26 Å². The fourth-order valence-electron chi connectivity index (χ4n) is 2.10. The number of pyridine rings is 1. The summed E-state index contributed by atoms with van der Waals surface area (Å²) >= 11 is 5.90. The maximum Gasteiger partial charge on any atom is 0.208 e. The molecule has 2 rings (SSSR count). The van der Waals surface area contributed by atoms with Crippen LogP contribution in [0.2, 0.25) is 5.02 Å². The van der Waals surface area contributed by atoms with Crippen LogP contribution in [-0.4, -0.2) is 26.2 Å². The van der Waals surface area contributed by atoms with Crippen molar-refractivity contribution < 1.29 is 8.42 Å². The topological polar surface area (TPSA) is 59.1 Å². The Hall–Kier alpha value is -1.43. The number of nitrogens with zero attached hydrogens (tertiary/aromatic N) is 1. The zero-order valence-electron chi connectivity index (χ0n) is 11.7. The molecule has 0 aliphatic rings. The van der Waals surface area contributed by atoms with Gasteiger partial charge in [0, 0.05) is 29.9 Å². The quantitative estimate of drug-likeness (QED) is 0.888. The minimum Gasteiger partial charge on any atom is -0.264 e. The average Bonchev–Trinajstić information content (AvgIpc) is 2.45. The molecule has 112 valence electrons. The number of hydrogen-bond donors (Lipinski definition) is 1. The first-order chi connectivity index (χ1) is 9.94. The Balaban J connectivity index is 2.19. The Kier molecular flexibility index (Phi) is 5.33. The van der Waals surface area contributed by atoms with E-state index in [1.54, 1.807) is 12.4 Å². The summed E-state index contributed by atoms with van der Waals surface area (Å²) in [7, 11) is -3.22. The molecule has 1 heterocycles. The molecule has 0 spiro atoms. The van der Waals surface area contributed by atoms with Crippen molar-refractivity contribution >= 4 is 21.6 Å². The lowest BCUT2D eigenvalue weighted by molar-refractivity contribution is 0.574. The lowest BCUT2D eigenvalue weighted by Gasteiger charge is -2.17. The summed E-state index contributed by atoms with van der Waals surface area (Å²) in [6.45, 7) is 0.343. The third-order valence-corrected chi connectivity index (χ3v) is 4.08. The molecule has 0 bridgehead atoms. The molecule has 0 amide bonds. The van der Waals surface area contributed by atoms with E-state index in [1.807, 2.05) is 36.4 Å². The minimum absolute atomic E-state index is 0.0289. The van der Waals surface area contributed by atoms with Crippen LogP contribution in [0.25, 0.3) is 0 Å². The number of nitrogens with one attached hydrogen (secondary N) is 1. The van der Waals surface area contributed by atoms with Gasteiger partial charge >= 0.3 is 0 Å². The Bertz CT molecular complexity index is 673. The van der Waals surface area contributed by atoms with Crippen LogP contribution in [0.3, 0.4) is 0 Å². The van der Waals surface area contributed by atoms with Gasteiger partial charge < -0.3 is 0 Å². The van der Waals surface area contributed by atoms with Crippen molar-refractivity contribution in [3.8, 4) is 0 Å². The number of sulfonamides is 1. The fraction of sp³-hybridized carbons (Fsp3) is 0.267. The summed E-state index contributed by atoms with van der Waals surface area (Å²) in [6.07, 6.45) is 5.38. The van der Waals surface area contributed by atoms with E-state index < -0.39 is 10.0 Å². The van der Waals surface area contributed by atoms with Crippen molar-refractivity contribution in [3.63, 3.8) is 0 Å². The third-order valence-electron chi connectivity index (χ3n) is 3.14. The summed E-state index contributed by atoms with van der Waals surface area (Å²) in [5.74, 6) is 0.0289. The van der Waals surface area contributed by atoms with E-state index in [0.29, 0.717) is 18.0 Å². The van der Waals surface area contributed by atoms with Crippen LogP contribution in [-0.2, 0) is 16.4 Å². The molecule has 0 aliphatic heterocycles. The van der Waals surface area contributed by atoms with Gasteiger partial charge in [-0.05, 0) is 35.7 Å². The maximum absolute atomic E-state index is 11.3. The van der Waals surface area contributed by atoms with Gasteiger partial charge in [-0.1, -0.05) is 29.8 Å². The van der Waals surface area contributed by atoms with Gasteiger partial charge in [0.25, 0.3) is 0 Å². The Morgan fingerprint density at radius 2 is 1.95 bits per heavy atom. The highest BCUT2D eigenvalue weighted by Crippen LogP contribution is 2.22. The van der Waals surface area contributed by atoms with Gasteiger partial charge in [-0.3, -0.25) is 4.98 Å². The highest BCUT2D eigenvalue weighted by Gasteiger charge is 2.15. The van der Waals surface area contributed by atoms with Crippen LogP contribution >= 0.6 is 11.6 Å². The van der Waals surface area contributed by atoms with Crippen molar-refractivity contribution in [1.82, 2.24) is 9.71 Å². The largest absolute Gasteiger partial charge is 0.264 e. The SMILES string of the molecule is CS(=O)(=O)NCC(Cc1cccnc1)c1ccc(Cl)cc1. The first kappa shape index (κ1) is 15.9. The summed E-state index contributed by atoms with van der Waals surface area (Å²) in [4.78, 5) is 4.09. The highest BCUT2D eigenvalue weighted by atomic mass is 35.5. The van der Waals surface area contributed by atoms with Crippen LogP contribution in [0.4, 0.5) is 0 Å². The molecule has 1 N–H and O–H groups in total. The highest BCUT2D eigenvalue weighted by molar-refractivity contribution is 7.88. The number of benzene rings is 1. The standard InChI is InChI=1S/C15H17ClN2O2S/c1-21(19,20)18-11-14(9-12-3-2-8-17-10-12)13-4-6-15(16)7-5-13/h2-8,10,14,18H,9,11H2,1H3. The molecule has 6 heteroatoms. The van der Waals surface area contributed by atoms with Crippen molar-refractivity contribution in [2.75, 3.05) is 12.8 Å². The summed E-state index contributed by atoms with van der Waals surface area (Å²) in [6, 6.07) is 11.3. The molecule has 2 aromatic rings. The zero-order chi connectivity index (χ0) is 15.3. The molecule has 4 nitrogen and oxygen atoms in total. The molecule has 21 heavy (non-hydrogen) atoms. The number of hydrogen-bond acceptors (Lipinski definition) is 3. The van der Waals surface area contributed by atoms with E-state index in [1.165, 1.54) is 0 Å². The van der Waals surface area contributed by atoms with E-state index >= 15 is 0 Å².